The average molecular weight is 194 g/mol. The molecule has 0 bridgehead atoms. The largest absolute Gasteiger partial charge is 0.476 e. The van der Waals surface area contributed by atoms with E-state index in [2.05, 4.69) is 15.1 Å². The Kier molecular flexibility index (Phi) is 1.60. The standard InChI is InChI=1S/C7H6N4O3/c1-3-9-6(12)5-4(7(13)14)8-2-11(5)10-3/h2H,1H3,(H,13,14)(H,9,10,12). The SMILES string of the molecule is Cc1nn2cnc(C(=O)O)c2c(=O)[nH]1. The molecule has 0 aromatic carbocycles. The van der Waals surface area contributed by atoms with Crippen LogP contribution in [0.1, 0.15) is 16.3 Å². The molecule has 0 fully saturated rings. The molecule has 7 heteroatoms. The molecule has 2 heterocycles. The number of aromatic nitrogens is 4. The van der Waals surface area contributed by atoms with Gasteiger partial charge in [-0.15, -0.1) is 0 Å². The summed E-state index contributed by atoms with van der Waals surface area (Å²) in [6.45, 7) is 1.60. The van der Waals surface area contributed by atoms with Crippen molar-refractivity contribution in [3.05, 3.63) is 28.2 Å². The molecule has 0 aliphatic carbocycles. The van der Waals surface area contributed by atoms with E-state index in [4.69, 9.17) is 5.11 Å². The quantitative estimate of drug-likeness (QED) is 0.632. The number of carboxylic acids is 1. The van der Waals surface area contributed by atoms with Gasteiger partial charge in [0.05, 0.1) is 0 Å². The molecule has 0 saturated carbocycles. The maximum atomic E-state index is 11.4. The third-order valence-electron chi connectivity index (χ3n) is 1.72. The van der Waals surface area contributed by atoms with Crippen molar-refractivity contribution in [3.63, 3.8) is 0 Å². The first-order chi connectivity index (χ1) is 6.59. The molecular formula is C7H6N4O3. The van der Waals surface area contributed by atoms with Crippen molar-refractivity contribution in [2.24, 2.45) is 0 Å². The average Bonchev–Trinajstić information content (AvgIpc) is 2.47. The van der Waals surface area contributed by atoms with Gasteiger partial charge in [-0.3, -0.25) is 4.79 Å². The minimum atomic E-state index is -1.25. The predicted octanol–water partition coefficient (Wildman–Crippen LogP) is -0.576. The maximum absolute atomic E-state index is 11.4. The van der Waals surface area contributed by atoms with Crippen molar-refractivity contribution in [1.29, 1.82) is 0 Å². The van der Waals surface area contributed by atoms with Gasteiger partial charge in [0.25, 0.3) is 5.56 Å². The zero-order valence-corrected chi connectivity index (χ0v) is 7.18. The van der Waals surface area contributed by atoms with Gasteiger partial charge in [0, 0.05) is 0 Å². The van der Waals surface area contributed by atoms with Crippen LogP contribution < -0.4 is 5.56 Å². The molecule has 14 heavy (non-hydrogen) atoms. The molecule has 2 aromatic rings. The molecule has 2 aromatic heterocycles. The van der Waals surface area contributed by atoms with Crippen LogP contribution in [0.3, 0.4) is 0 Å². The lowest BCUT2D eigenvalue weighted by Crippen LogP contribution is -2.16. The van der Waals surface area contributed by atoms with Crippen LogP contribution in [0.15, 0.2) is 11.1 Å². The predicted molar refractivity (Wildman–Crippen MR) is 45.3 cm³/mol. The first-order valence-electron chi connectivity index (χ1n) is 3.77. The highest BCUT2D eigenvalue weighted by molar-refractivity contribution is 5.92. The van der Waals surface area contributed by atoms with E-state index >= 15 is 0 Å². The fraction of sp³-hybridized carbons (Fsp3) is 0.143. The smallest absolute Gasteiger partial charge is 0.357 e. The molecule has 2 rings (SSSR count). The second kappa shape index (κ2) is 2.66. The lowest BCUT2D eigenvalue weighted by molar-refractivity contribution is 0.0693. The summed E-state index contributed by atoms with van der Waals surface area (Å²) in [6, 6.07) is 0. The van der Waals surface area contributed by atoms with Crippen LogP contribution >= 0.6 is 0 Å². The Morgan fingerprint density at radius 3 is 3.00 bits per heavy atom. The molecule has 2 N–H and O–H groups in total. The number of aryl methyl sites for hydroxylation is 1. The first kappa shape index (κ1) is 8.42. The third-order valence-corrected chi connectivity index (χ3v) is 1.72. The number of hydrogen-bond donors (Lipinski definition) is 2. The molecule has 0 atom stereocenters. The second-order valence-electron chi connectivity index (χ2n) is 2.73. The number of fused-ring (bicyclic) bond motifs is 1. The first-order valence-corrected chi connectivity index (χ1v) is 3.77. The monoisotopic (exact) mass is 194 g/mol. The summed E-state index contributed by atoms with van der Waals surface area (Å²) in [5.41, 5.74) is -0.853. The fourth-order valence-corrected chi connectivity index (χ4v) is 1.19. The van der Waals surface area contributed by atoms with Gasteiger partial charge in [-0.1, -0.05) is 0 Å². The van der Waals surface area contributed by atoms with Crippen LogP contribution in [-0.2, 0) is 0 Å². The van der Waals surface area contributed by atoms with Crippen LogP contribution in [0.25, 0.3) is 5.52 Å². The van der Waals surface area contributed by atoms with E-state index in [1.54, 1.807) is 6.92 Å². The summed E-state index contributed by atoms with van der Waals surface area (Å²) in [4.78, 5) is 28.0. The van der Waals surface area contributed by atoms with Gasteiger partial charge in [0.1, 0.15) is 12.2 Å². The van der Waals surface area contributed by atoms with E-state index in [1.165, 1.54) is 6.33 Å². The second-order valence-corrected chi connectivity index (χ2v) is 2.73. The Hall–Kier alpha value is -2.18. The lowest BCUT2D eigenvalue weighted by atomic mass is 10.4. The zero-order chi connectivity index (χ0) is 10.3. The van der Waals surface area contributed by atoms with Crippen LogP contribution in [0.5, 0.6) is 0 Å². The molecule has 7 nitrogen and oxygen atoms in total. The third kappa shape index (κ3) is 1.06. The van der Waals surface area contributed by atoms with Crippen LogP contribution in [0.4, 0.5) is 0 Å². The number of nitrogens with one attached hydrogen (secondary N) is 1. The maximum Gasteiger partial charge on any atom is 0.357 e. The van der Waals surface area contributed by atoms with Crippen molar-refractivity contribution in [3.8, 4) is 0 Å². The summed E-state index contributed by atoms with van der Waals surface area (Å²) in [6.07, 6.45) is 1.20. The summed E-state index contributed by atoms with van der Waals surface area (Å²) in [5, 5.41) is 12.6. The van der Waals surface area contributed by atoms with Crippen LogP contribution in [0, 0.1) is 6.92 Å². The Bertz CT molecular complexity index is 568. The number of carbonyl (C=O) groups is 1. The molecule has 0 aliphatic rings. The number of rotatable bonds is 1. The normalized spacial score (nSPS) is 10.6. The molecule has 0 unspecified atom stereocenters. The zero-order valence-electron chi connectivity index (χ0n) is 7.18. The summed E-state index contributed by atoms with van der Waals surface area (Å²) < 4.78 is 1.15. The fourth-order valence-electron chi connectivity index (χ4n) is 1.19. The lowest BCUT2D eigenvalue weighted by Gasteiger charge is -1.94. The van der Waals surface area contributed by atoms with Crippen LogP contribution in [-0.4, -0.2) is 30.7 Å². The van der Waals surface area contributed by atoms with Gasteiger partial charge >= 0.3 is 5.97 Å². The highest BCUT2D eigenvalue weighted by Crippen LogP contribution is 2.01. The van der Waals surface area contributed by atoms with Crippen molar-refractivity contribution in [2.45, 2.75) is 6.92 Å². The van der Waals surface area contributed by atoms with Crippen molar-refractivity contribution < 1.29 is 9.90 Å². The number of aromatic carboxylic acids is 1. The van der Waals surface area contributed by atoms with E-state index < -0.39 is 11.5 Å². The molecule has 0 aliphatic heterocycles. The van der Waals surface area contributed by atoms with E-state index in [-0.39, 0.29) is 11.2 Å². The highest BCUT2D eigenvalue weighted by Gasteiger charge is 2.15. The molecular weight excluding hydrogens is 188 g/mol. The van der Waals surface area contributed by atoms with Crippen molar-refractivity contribution >= 4 is 11.5 Å². The Labute approximate surface area is 77.0 Å². The minimum absolute atomic E-state index is 0.0527. The molecule has 0 spiro atoms. The van der Waals surface area contributed by atoms with Gasteiger partial charge < -0.3 is 10.1 Å². The molecule has 0 radical (unpaired) electrons. The number of H-pyrrole nitrogens is 1. The van der Waals surface area contributed by atoms with Gasteiger partial charge in [-0.2, -0.15) is 5.10 Å². The summed E-state index contributed by atoms with van der Waals surface area (Å²) >= 11 is 0. The van der Waals surface area contributed by atoms with Crippen LogP contribution in [0.2, 0.25) is 0 Å². The number of imidazole rings is 1. The molecule has 0 saturated heterocycles. The number of aromatic amines is 1. The number of carboxylic acid groups (broad SMARTS) is 1. The van der Waals surface area contributed by atoms with Crippen molar-refractivity contribution in [1.82, 2.24) is 19.6 Å². The van der Waals surface area contributed by atoms with E-state index in [9.17, 15) is 9.59 Å². The highest BCUT2D eigenvalue weighted by atomic mass is 16.4. The van der Waals surface area contributed by atoms with E-state index in [1.807, 2.05) is 0 Å². The van der Waals surface area contributed by atoms with Gasteiger partial charge in [-0.25, -0.2) is 14.3 Å². The van der Waals surface area contributed by atoms with Gasteiger partial charge in [0.2, 0.25) is 0 Å². The summed E-state index contributed by atoms with van der Waals surface area (Å²) in [7, 11) is 0. The topological polar surface area (TPSA) is 100 Å². The van der Waals surface area contributed by atoms with Crippen molar-refractivity contribution in [2.75, 3.05) is 0 Å². The molecule has 0 amide bonds. The van der Waals surface area contributed by atoms with E-state index in [0.29, 0.717) is 5.82 Å². The summed E-state index contributed by atoms with van der Waals surface area (Å²) in [5.74, 6) is -0.847. The van der Waals surface area contributed by atoms with E-state index in [0.717, 1.165) is 4.52 Å². The molecule has 72 valence electrons. The Morgan fingerprint density at radius 1 is 1.64 bits per heavy atom. The number of hydrogen-bond acceptors (Lipinski definition) is 4. The Morgan fingerprint density at radius 2 is 2.36 bits per heavy atom. The van der Waals surface area contributed by atoms with Gasteiger partial charge in [-0.05, 0) is 6.92 Å². The number of nitrogens with zero attached hydrogens (tertiary/aromatic N) is 3. The van der Waals surface area contributed by atoms with Gasteiger partial charge in [0.15, 0.2) is 11.2 Å². The minimum Gasteiger partial charge on any atom is -0.476 e. The Balaban J connectivity index is 2.93.